The van der Waals surface area contributed by atoms with E-state index in [1.807, 2.05) is 18.2 Å². The molecule has 1 aliphatic heterocycles. The molecule has 4 rings (SSSR count). The minimum Gasteiger partial charge on any atom is -0.342 e. The van der Waals surface area contributed by atoms with Crippen LogP contribution in [0, 0.1) is 11.8 Å². The van der Waals surface area contributed by atoms with Crippen molar-refractivity contribution in [3.05, 3.63) is 30.2 Å². The number of pyridine rings is 1. The SMILES string of the molecule is O=C(CC1CC1)N1CCCC(CCc2noc(-c3ccccn3)n2)C1. The van der Waals surface area contributed by atoms with Crippen LogP contribution in [0.25, 0.3) is 11.6 Å². The van der Waals surface area contributed by atoms with Gasteiger partial charge >= 0.3 is 0 Å². The van der Waals surface area contributed by atoms with Crippen molar-refractivity contribution < 1.29 is 9.32 Å². The number of likely N-dealkylation sites (tertiary alicyclic amines) is 1. The molecule has 0 N–H and O–H groups in total. The van der Waals surface area contributed by atoms with Gasteiger partial charge in [0.2, 0.25) is 5.91 Å². The van der Waals surface area contributed by atoms with Gasteiger partial charge in [-0.2, -0.15) is 4.98 Å². The van der Waals surface area contributed by atoms with E-state index in [-0.39, 0.29) is 0 Å². The van der Waals surface area contributed by atoms with Crippen LogP contribution in [0.1, 0.15) is 44.3 Å². The Bertz CT molecular complexity index is 711. The maximum Gasteiger partial charge on any atom is 0.276 e. The fourth-order valence-corrected chi connectivity index (χ4v) is 3.51. The molecule has 1 amide bonds. The second kappa shape index (κ2) is 7.33. The molecular weight excluding hydrogens is 316 g/mol. The molecule has 2 aliphatic rings. The number of aryl methyl sites for hydroxylation is 1. The van der Waals surface area contributed by atoms with E-state index in [4.69, 9.17) is 4.52 Å². The number of amides is 1. The number of nitrogens with zero attached hydrogens (tertiary/aromatic N) is 4. The zero-order chi connectivity index (χ0) is 17.1. The van der Waals surface area contributed by atoms with Gasteiger partial charge in [-0.3, -0.25) is 9.78 Å². The van der Waals surface area contributed by atoms with E-state index >= 15 is 0 Å². The molecule has 1 aliphatic carbocycles. The van der Waals surface area contributed by atoms with Crippen molar-refractivity contribution in [2.75, 3.05) is 13.1 Å². The Morgan fingerprint density at radius 1 is 1.24 bits per heavy atom. The van der Waals surface area contributed by atoms with Crippen molar-refractivity contribution in [2.24, 2.45) is 11.8 Å². The lowest BCUT2D eigenvalue weighted by Gasteiger charge is -2.32. The van der Waals surface area contributed by atoms with E-state index in [0.717, 1.165) is 44.6 Å². The van der Waals surface area contributed by atoms with Crippen LogP contribution in [-0.4, -0.2) is 39.0 Å². The Labute approximate surface area is 147 Å². The molecule has 6 nitrogen and oxygen atoms in total. The summed E-state index contributed by atoms with van der Waals surface area (Å²) in [5.74, 6) is 2.75. The molecule has 2 fully saturated rings. The molecule has 1 atom stereocenters. The van der Waals surface area contributed by atoms with Gasteiger partial charge in [0.1, 0.15) is 5.69 Å². The van der Waals surface area contributed by atoms with Gasteiger partial charge in [-0.05, 0) is 56.1 Å². The van der Waals surface area contributed by atoms with Crippen molar-refractivity contribution in [1.29, 1.82) is 0 Å². The topological polar surface area (TPSA) is 72.1 Å². The van der Waals surface area contributed by atoms with E-state index in [0.29, 0.717) is 29.3 Å². The Morgan fingerprint density at radius 2 is 2.16 bits per heavy atom. The zero-order valence-corrected chi connectivity index (χ0v) is 14.4. The molecule has 0 bridgehead atoms. The minimum absolute atomic E-state index is 0.351. The quantitative estimate of drug-likeness (QED) is 0.808. The second-order valence-electron chi connectivity index (χ2n) is 7.26. The Balaban J connectivity index is 1.29. The average molecular weight is 340 g/mol. The van der Waals surface area contributed by atoms with Crippen LogP contribution in [0.4, 0.5) is 0 Å². The first-order valence-electron chi connectivity index (χ1n) is 9.29. The molecule has 3 heterocycles. The zero-order valence-electron chi connectivity index (χ0n) is 14.4. The molecule has 0 radical (unpaired) electrons. The predicted molar refractivity (Wildman–Crippen MR) is 92.5 cm³/mol. The first kappa shape index (κ1) is 16.2. The molecular formula is C19H24N4O2. The van der Waals surface area contributed by atoms with Crippen molar-refractivity contribution in [1.82, 2.24) is 20.0 Å². The standard InChI is InChI=1S/C19H24N4O2/c24-18(12-14-6-7-14)23-11-3-4-15(13-23)8-9-17-21-19(25-22-17)16-5-1-2-10-20-16/h1-2,5,10,14-15H,3-4,6-9,11-13H2. The smallest absolute Gasteiger partial charge is 0.276 e. The number of hydrogen-bond acceptors (Lipinski definition) is 5. The molecule has 6 heteroatoms. The Morgan fingerprint density at radius 3 is 2.96 bits per heavy atom. The summed E-state index contributed by atoms with van der Waals surface area (Å²) in [6.07, 6.45) is 9.00. The Hall–Kier alpha value is -2.24. The average Bonchev–Trinajstić information content (AvgIpc) is 3.34. The first-order chi connectivity index (χ1) is 12.3. The van der Waals surface area contributed by atoms with Crippen LogP contribution in [-0.2, 0) is 11.2 Å². The highest BCUT2D eigenvalue weighted by Gasteiger charge is 2.29. The van der Waals surface area contributed by atoms with Crippen LogP contribution in [0.2, 0.25) is 0 Å². The number of hydrogen-bond donors (Lipinski definition) is 0. The monoisotopic (exact) mass is 340 g/mol. The van der Waals surface area contributed by atoms with E-state index in [2.05, 4.69) is 20.0 Å². The number of piperidine rings is 1. The van der Waals surface area contributed by atoms with Crippen LogP contribution in [0.5, 0.6) is 0 Å². The fraction of sp³-hybridized carbons (Fsp3) is 0.579. The third-order valence-corrected chi connectivity index (χ3v) is 5.16. The van der Waals surface area contributed by atoms with Gasteiger partial charge in [0, 0.05) is 32.1 Å². The summed E-state index contributed by atoms with van der Waals surface area (Å²) < 4.78 is 5.31. The predicted octanol–water partition coefficient (Wildman–Crippen LogP) is 3.10. The summed E-state index contributed by atoms with van der Waals surface area (Å²) in [6, 6.07) is 5.63. The van der Waals surface area contributed by atoms with Crippen LogP contribution < -0.4 is 0 Å². The highest BCUT2D eigenvalue weighted by Crippen LogP contribution is 2.33. The lowest BCUT2D eigenvalue weighted by molar-refractivity contribution is -0.133. The van der Waals surface area contributed by atoms with Gasteiger partial charge in [-0.15, -0.1) is 0 Å². The van der Waals surface area contributed by atoms with E-state index < -0.39 is 0 Å². The lowest BCUT2D eigenvalue weighted by atomic mass is 9.93. The summed E-state index contributed by atoms with van der Waals surface area (Å²) >= 11 is 0. The summed E-state index contributed by atoms with van der Waals surface area (Å²) in [5.41, 5.74) is 0.704. The van der Waals surface area contributed by atoms with Gasteiger partial charge in [-0.25, -0.2) is 0 Å². The van der Waals surface area contributed by atoms with E-state index in [9.17, 15) is 4.79 Å². The maximum atomic E-state index is 12.3. The van der Waals surface area contributed by atoms with Gasteiger partial charge in [-0.1, -0.05) is 11.2 Å². The number of carbonyl (C=O) groups excluding carboxylic acids is 1. The first-order valence-corrected chi connectivity index (χ1v) is 9.29. The molecule has 1 unspecified atom stereocenters. The third kappa shape index (κ3) is 4.24. The lowest BCUT2D eigenvalue weighted by Crippen LogP contribution is -2.40. The van der Waals surface area contributed by atoms with Gasteiger partial charge < -0.3 is 9.42 Å². The highest BCUT2D eigenvalue weighted by molar-refractivity contribution is 5.76. The molecule has 2 aromatic heterocycles. The maximum absolute atomic E-state index is 12.3. The fourth-order valence-electron chi connectivity index (χ4n) is 3.51. The van der Waals surface area contributed by atoms with Crippen LogP contribution >= 0.6 is 0 Å². The molecule has 2 aromatic rings. The van der Waals surface area contributed by atoms with Crippen molar-refractivity contribution >= 4 is 5.91 Å². The third-order valence-electron chi connectivity index (χ3n) is 5.16. The summed E-state index contributed by atoms with van der Waals surface area (Å²) in [5, 5.41) is 4.07. The van der Waals surface area contributed by atoms with Crippen molar-refractivity contribution in [3.63, 3.8) is 0 Å². The normalized spacial score (nSPS) is 20.6. The summed E-state index contributed by atoms with van der Waals surface area (Å²) in [7, 11) is 0. The van der Waals surface area contributed by atoms with E-state index in [1.54, 1.807) is 6.20 Å². The van der Waals surface area contributed by atoms with E-state index in [1.165, 1.54) is 19.3 Å². The molecule has 0 aromatic carbocycles. The molecule has 0 spiro atoms. The minimum atomic E-state index is 0.351. The van der Waals surface area contributed by atoms with Gasteiger partial charge in [0.15, 0.2) is 5.82 Å². The number of aromatic nitrogens is 3. The second-order valence-corrected chi connectivity index (χ2v) is 7.26. The van der Waals surface area contributed by atoms with Crippen molar-refractivity contribution in [2.45, 2.75) is 44.9 Å². The largest absolute Gasteiger partial charge is 0.342 e. The molecule has 25 heavy (non-hydrogen) atoms. The van der Waals surface area contributed by atoms with Crippen LogP contribution in [0.15, 0.2) is 28.9 Å². The summed E-state index contributed by atoms with van der Waals surface area (Å²) in [4.78, 5) is 23.1. The summed E-state index contributed by atoms with van der Waals surface area (Å²) in [6.45, 7) is 1.81. The van der Waals surface area contributed by atoms with Gasteiger partial charge in [0.25, 0.3) is 5.89 Å². The van der Waals surface area contributed by atoms with Gasteiger partial charge in [0.05, 0.1) is 0 Å². The number of rotatable bonds is 6. The Kier molecular flexibility index (Phi) is 4.76. The van der Waals surface area contributed by atoms with Crippen LogP contribution in [0.3, 0.4) is 0 Å². The molecule has 1 saturated heterocycles. The van der Waals surface area contributed by atoms with Crippen molar-refractivity contribution in [3.8, 4) is 11.6 Å². The molecule has 132 valence electrons. The number of carbonyl (C=O) groups is 1. The highest BCUT2D eigenvalue weighted by atomic mass is 16.5. The molecule has 1 saturated carbocycles.